The average molecular weight is 605 g/mol. The Hall–Kier alpha value is -3.07. The molecule has 2 amide bonds. The molecule has 0 heterocycles. The quantitative estimate of drug-likeness (QED) is 0.272. The molecule has 0 aliphatic rings. The van der Waals surface area contributed by atoms with Crippen molar-refractivity contribution in [3.05, 3.63) is 94.0 Å². The lowest BCUT2D eigenvalue weighted by molar-refractivity contribution is -0.140. The smallest absolute Gasteiger partial charge is 0.264 e. The van der Waals surface area contributed by atoms with E-state index >= 15 is 0 Å². The van der Waals surface area contributed by atoms with Gasteiger partial charge in [-0.3, -0.25) is 13.9 Å². The number of nitrogens with one attached hydrogen (secondary N) is 1. The van der Waals surface area contributed by atoms with E-state index < -0.39 is 28.5 Å². The van der Waals surface area contributed by atoms with Crippen LogP contribution in [0.4, 0.5) is 5.69 Å². The van der Waals surface area contributed by atoms with Crippen molar-refractivity contribution in [3.8, 4) is 0 Å². The Kier molecular flexibility index (Phi) is 11.0. The van der Waals surface area contributed by atoms with Crippen molar-refractivity contribution >= 4 is 50.7 Å². The molecule has 0 aromatic heterocycles. The van der Waals surface area contributed by atoms with Crippen LogP contribution in [0, 0.1) is 12.8 Å². The minimum Gasteiger partial charge on any atom is -0.354 e. The number of carbonyl (C=O) groups is 2. The third-order valence-electron chi connectivity index (χ3n) is 6.48. The molecule has 3 aromatic rings. The van der Waals surface area contributed by atoms with Gasteiger partial charge in [0.1, 0.15) is 12.6 Å². The Bertz CT molecular complexity index is 1430. The molecule has 3 aromatic carbocycles. The second-order valence-corrected chi connectivity index (χ2v) is 12.6. The maximum atomic E-state index is 14.1. The number of anilines is 1. The maximum Gasteiger partial charge on any atom is 0.264 e. The SMILES string of the molecule is CCC(C(=O)NCC(C)C)N(Cc1ccccc1C)C(=O)CN(c1cccc(Cl)c1Cl)S(=O)(=O)c1ccccc1. The highest BCUT2D eigenvalue weighted by Gasteiger charge is 2.34. The van der Waals surface area contributed by atoms with Crippen LogP contribution in [-0.2, 0) is 26.2 Å². The van der Waals surface area contributed by atoms with Gasteiger partial charge in [-0.1, -0.05) is 92.5 Å². The highest BCUT2D eigenvalue weighted by Crippen LogP contribution is 2.35. The first-order chi connectivity index (χ1) is 19.0. The molecule has 10 heteroatoms. The first-order valence-electron chi connectivity index (χ1n) is 13.1. The molecule has 1 N–H and O–H groups in total. The molecule has 0 aliphatic heterocycles. The Balaban J connectivity index is 2.09. The summed E-state index contributed by atoms with van der Waals surface area (Å²) < 4.78 is 28.7. The van der Waals surface area contributed by atoms with Crippen LogP contribution < -0.4 is 9.62 Å². The molecular formula is C30H35Cl2N3O4S. The highest BCUT2D eigenvalue weighted by molar-refractivity contribution is 7.92. The van der Waals surface area contributed by atoms with Crippen LogP contribution in [-0.4, -0.2) is 44.3 Å². The fourth-order valence-corrected chi connectivity index (χ4v) is 6.13. The van der Waals surface area contributed by atoms with Gasteiger partial charge in [0.05, 0.1) is 20.6 Å². The summed E-state index contributed by atoms with van der Waals surface area (Å²) in [6, 6.07) is 19.2. The summed E-state index contributed by atoms with van der Waals surface area (Å²) in [6.07, 6.45) is 0.338. The number of aryl methyl sites for hydroxylation is 1. The van der Waals surface area contributed by atoms with E-state index in [2.05, 4.69) is 5.32 Å². The second kappa shape index (κ2) is 14.0. The first-order valence-corrected chi connectivity index (χ1v) is 15.3. The largest absolute Gasteiger partial charge is 0.354 e. The second-order valence-electron chi connectivity index (χ2n) is 9.91. The summed E-state index contributed by atoms with van der Waals surface area (Å²) in [5.74, 6) is -0.625. The van der Waals surface area contributed by atoms with Gasteiger partial charge in [-0.05, 0) is 54.7 Å². The van der Waals surface area contributed by atoms with E-state index in [0.717, 1.165) is 15.4 Å². The summed E-state index contributed by atoms with van der Waals surface area (Å²) in [5, 5.41) is 3.08. The summed E-state index contributed by atoms with van der Waals surface area (Å²) in [5.41, 5.74) is 1.87. The molecule has 40 heavy (non-hydrogen) atoms. The van der Waals surface area contributed by atoms with Crippen LogP contribution in [0.2, 0.25) is 10.0 Å². The number of amides is 2. The molecule has 0 bridgehead atoms. The van der Waals surface area contributed by atoms with Crippen LogP contribution in [0.1, 0.15) is 38.3 Å². The number of carbonyl (C=O) groups excluding carboxylic acids is 2. The van der Waals surface area contributed by atoms with Crippen molar-refractivity contribution in [2.24, 2.45) is 5.92 Å². The molecule has 1 atom stereocenters. The van der Waals surface area contributed by atoms with Gasteiger partial charge in [0.2, 0.25) is 11.8 Å². The molecule has 7 nitrogen and oxygen atoms in total. The van der Waals surface area contributed by atoms with Gasteiger partial charge in [0, 0.05) is 13.1 Å². The van der Waals surface area contributed by atoms with Gasteiger partial charge in [-0.15, -0.1) is 0 Å². The lowest BCUT2D eigenvalue weighted by atomic mass is 10.1. The fraction of sp³-hybridized carbons (Fsp3) is 0.333. The van der Waals surface area contributed by atoms with Crippen LogP contribution >= 0.6 is 23.2 Å². The van der Waals surface area contributed by atoms with Crippen molar-refractivity contribution in [2.75, 3.05) is 17.4 Å². The molecule has 0 aliphatic carbocycles. The zero-order valence-electron chi connectivity index (χ0n) is 23.1. The number of hydrogen-bond acceptors (Lipinski definition) is 4. The molecule has 0 radical (unpaired) electrons. The number of sulfonamides is 1. The number of rotatable bonds is 12. The Morgan fingerprint density at radius 2 is 1.57 bits per heavy atom. The van der Waals surface area contributed by atoms with Crippen molar-refractivity contribution in [2.45, 2.75) is 51.6 Å². The zero-order chi connectivity index (χ0) is 29.4. The minimum atomic E-state index is -4.23. The van der Waals surface area contributed by atoms with Crippen molar-refractivity contribution in [3.63, 3.8) is 0 Å². The topological polar surface area (TPSA) is 86.8 Å². The van der Waals surface area contributed by atoms with Gasteiger partial charge in [0.25, 0.3) is 10.0 Å². The predicted octanol–water partition coefficient (Wildman–Crippen LogP) is 6.08. The Labute approximate surface area is 247 Å². The van der Waals surface area contributed by atoms with Crippen LogP contribution in [0.3, 0.4) is 0 Å². The number of nitrogens with zero attached hydrogens (tertiary/aromatic N) is 2. The number of benzene rings is 3. The average Bonchev–Trinajstić information content (AvgIpc) is 2.93. The van der Waals surface area contributed by atoms with E-state index in [1.54, 1.807) is 30.3 Å². The molecule has 0 spiro atoms. The molecule has 0 fully saturated rings. The van der Waals surface area contributed by atoms with E-state index in [4.69, 9.17) is 23.2 Å². The Morgan fingerprint density at radius 3 is 2.20 bits per heavy atom. The summed E-state index contributed by atoms with van der Waals surface area (Å²) in [6.45, 7) is 7.71. The van der Waals surface area contributed by atoms with E-state index in [-0.39, 0.29) is 39.0 Å². The third kappa shape index (κ3) is 7.56. The van der Waals surface area contributed by atoms with Gasteiger partial charge >= 0.3 is 0 Å². The number of halogens is 2. The Morgan fingerprint density at radius 1 is 0.925 bits per heavy atom. The fourth-order valence-electron chi connectivity index (χ4n) is 4.23. The van der Waals surface area contributed by atoms with E-state index in [1.807, 2.05) is 52.0 Å². The van der Waals surface area contributed by atoms with E-state index in [1.165, 1.54) is 23.1 Å². The molecule has 214 valence electrons. The van der Waals surface area contributed by atoms with Crippen molar-refractivity contribution in [1.82, 2.24) is 10.2 Å². The highest BCUT2D eigenvalue weighted by atomic mass is 35.5. The van der Waals surface area contributed by atoms with Crippen molar-refractivity contribution < 1.29 is 18.0 Å². The molecule has 1 unspecified atom stereocenters. The minimum absolute atomic E-state index is 0.00337. The van der Waals surface area contributed by atoms with E-state index in [0.29, 0.717) is 13.0 Å². The van der Waals surface area contributed by atoms with Crippen LogP contribution in [0.25, 0.3) is 0 Å². The standard InChI is InChI=1S/C30H35Cl2N3O4S/c1-5-26(30(37)33-18-21(2)3)34(19-23-13-10-9-12-22(23)4)28(36)20-35(27-17-11-16-25(31)29(27)32)40(38,39)24-14-7-6-8-15-24/h6-17,21,26H,5,18-20H2,1-4H3,(H,33,37). The summed E-state index contributed by atoms with van der Waals surface area (Å²) in [4.78, 5) is 28.9. The van der Waals surface area contributed by atoms with Crippen LogP contribution in [0.5, 0.6) is 0 Å². The van der Waals surface area contributed by atoms with Gasteiger partial charge in [0.15, 0.2) is 0 Å². The maximum absolute atomic E-state index is 14.1. The zero-order valence-corrected chi connectivity index (χ0v) is 25.4. The molecule has 3 rings (SSSR count). The normalized spacial score (nSPS) is 12.2. The lowest BCUT2D eigenvalue weighted by Crippen LogP contribution is -2.52. The molecular weight excluding hydrogens is 569 g/mol. The molecule has 0 saturated carbocycles. The molecule has 0 saturated heterocycles. The monoisotopic (exact) mass is 603 g/mol. The van der Waals surface area contributed by atoms with Crippen molar-refractivity contribution in [1.29, 1.82) is 0 Å². The van der Waals surface area contributed by atoms with Gasteiger partial charge < -0.3 is 10.2 Å². The third-order valence-corrected chi connectivity index (χ3v) is 9.07. The van der Waals surface area contributed by atoms with E-state index in [9.17, 15) is 18.0 Å². The lowest BCUT2D eigenvalue weighted by Gasteiger charge is -2.34. The first kappa shape index (κ1) is 31.5. The van der Waals surface area contributed by atoms with Gasteiger partial charge in [-0.25, -0.2) is 8.42 Å². The number of hydrogen-bond donors (Lipinski definition) is 1. The summed E-state index contributed by atoms with van der Waals surface area (Å²) >= 11 is 12.7. The van der Waals surface area contributed by atoms with Crippen LogP contribution in [0.15, 0.2) is 77.7 Å². The van der Waals surface area contributed by atoms with Gasteiger partial charge in [-0.2, -0.15) is 0 Å². The predicted molar refractivity (Wildman–Crippen MR) is 161 cm³/mol. The summed E-state index contributed by atoms with van der Waals surface area (Å²) in [7, 11) is -4.23.